The molecule has 1 saturated heterocycles. The molecule has 0 aliphatic carbocycles. The minimum atomic E-state index is 0.146. The van der Waals surface area contributed by atoms with Gasteiger partial charge in [0.15, 0.2) is 0 Å². The van der Waals surface area contributed by atoms with Crippen molar-refractivity contribution in [3.05, 3.63) is 29.3 Å². The number of benzene rings is 1. The van der Waals surface area contributed by atoms with Crippen LogP contribution in [0.4, 0.5) is 5.69 Å². The fraction of sp³-hybridized carbons (Fsp3) is 0.562. The van der Waals surface area contributed by atoms with Crippen LogP contribution in [0.3, 0.4) is 0 Å². The number of carbonyl (C=O) groups excluding carboxylic acids is 1. The molecule has 0 saturated carbocycles. The van der Waals surface area contributed by atoms with E-state index in [4.69, 9.17) is 0 Å². The molecule has 19 heavy (non-hydrogen) atoms. The zero-order chi connectivity index (χ0) is 13.4. The molecule has 2 heterocycles. The predicted molar refractivity (Wildman–Crippen MR) is 77.4 cm³/mol. The van der Waals surface area contributed by atoms with Gasteiger partial charge in [0, 0.05) is 18.3 Å². The van der Waals surface area contributed by atoms with E-state index in [1.54, 1.807) is 0 Å². The first-order valence-electron chi connectivity index (χ1n) is 7.31. The summed E-state index contributed by atoms with van der Waals surface area (Å²) in [5, 5.41) is 3.38. The third-order valence-electron chi connectivity index (χ3n) is 4.46. The highest BCUT2D eigenvalue weighted by atomic mass is 16.2. The van der Waals surface area contributed by atoms with E-state index in [1.807, 2.05) is 4.90 Å². The fourth-order valence-electron chi connectivity index (χ4n) is 3.35. The number of amides is 1. The van der Waals surface area contributed by atoms with Crippen LogP contribution in [0, 0.1) is 12.8 Å². The molecule has 3 nitrogen and oxygen atoms in total. The minimum Gasteiger partial charge on any atom is -0.313 e. The highest BCUT2D eigenvalue weighted by Gasteiger charge is 2.34. The van der Waals surface area contributed by atoms with E-state index in [-0.39, 0.29) is 5.92 Å². The summed E-state index contributed by atoms with van der Waals surface area (Å²) in [6.45, 7) is 6.07. The first kappa shape index (κ1) is 12.7. The van der Waals surface area contributed by atoms with Gasteiger partial charge < -0.3 is 10.2 Å². The Bertz CT molecular complexity index is 498. The molecule has 0 spiro atoms. The van der Waals surface area contributed by atoms with E-state index >= 15 is 0 Å². The molecule has 102 valence electrons. The molecule has 1 aromatic rings. The summed E-state index contributed by atoms with van der Waals surface area (Å²) in [5.74, 6) is 0.453. The number of carbonyl (C=O) groups is 1. The zero-order valence-corrected chi connectivity index (χ0v) is 11.8. The Balaban J connectivity index is 1.89. The SMILES string of the molecule is Cc1ccc2c(c1)CCCN2C(=O)C1CCNC1C. The molecular weight excluding hydrogens is 236 g/mol. The van der Waals surface area contributed by atoms with Crippen molar-refractivity contribution in [3.63, 3.8) is 0 Å². The van der Waals surface area contributed by atoms with Crippen LogP contribution in [0.1, 0.15) is 30.9 Å². The van der Waals surface area contributed by atoms with Crippen molar-refractivity contribution in [2.45, 2.75) is 39.2 Å². The molecule has 1 N–H and O–H groups in total. The van der Waals surface area contributed by atoms with Crippen molar-refractivity contribution < 1.29 is 4.79 Å². The monoisotopic (exact) mass is 258 g/mol. The van der Waals surface area contributed by atoms with Crippen molar-refractivity contribution >= 4 is 11.6 Å². The third-order valence-corrected chi connectivity index (χ3v) is 4.46. The van der Waals surface area contributed by atoms with Gasteiger partial charge in [0.1, 0.15) is 0 Å². The standard InChI is InChI=1S/C16H22N2O/c1-11-5-6-15-13(10-11)4-3-9-18(15)16(19)14-7-8-17-12(14)2/h5-6,10,12,14,17H,3-4,7-9H2,1-2H3. The molecule has 3 rings (SSSR count). The van der Waals surface area contributed by atoms with E-state index < -0.39 is 0 Å². The maximum atomic E-state index is 12.7. The molecule has 2 atom stereocenters. The Hall–Kier alpha value is -1.35. The molecule has 0 bridgehead atoms. The Morgan fingerprint density at radius 2 is 2.26 bits per heavy atom. The number of fused-ring (bicyclic) bond motifs is 1. The van der Waals surface area contributed by atoms with E-state index in [1.165, 1.54) is 11.1 Å². The molecule has 0 aromatic heterocycles. The Morgan fingerprint density at radius 3 is 3.00 bits per heavy atom. The van der Waals surface area contributed by atoms with Gasteiger partial charge in [-0.2, -0.15) is 0 Å². The number of hydrogen-bond acceptors (Lipinski definition) is 2. The number of anilines is 1. The van der Waals surface area contributed by atoms with Crippen molar-refractivity contribution in [2.24, 2.45) is 5.92 Å². The van der Waals surface area contributed by atoms with Crippen LogP contribution in [-0.2, 0) is 11.2 Å². The van der Waals surface area contributed by atoms with Crippen LogP contribution < -0.4 is 10.2 Å². The first-order valence-corrected chi connectivity index (χ1v) is 7.31. The predicted octanol–water partition coefficient (Wildman–Crippen LogP) is 2.27. The molecular formula is C16H22N2O. The van der Waals surface area contributed by atoms with E-state index in [0.29, 0.717) is 11.9 Å². The van der Waals surface area contributed by atoms with Crippen molar-refractivity contribution in [2.75, 3.05) is 18.0 Å². The van der Waals surface area contributed by atoms with Crippen molar-refractivity contribution in [3.8, 4) is 0 Å². The summed E-state index contributed by atoms with van der Waals surface area (Å²) in [5.41, 5.74) is 3.75. The molecule has 0 radical (unpaired) electrons. The van der Waals surface area contributed by atoms with Gasteiger partial charge in [-0.15, -0.1) is 0 Å². The second kappa shape index (κ2) is 4.97. The van der Waals surface area contributed by atoms with Gasteiger partial charge in [-0.05, 0) is 51.3 Å². The zero-order valence-electron chi connectivity index (χ0n) is 11.8. The Morgan fingerprint density at radius 1 is 1.42 bits per heavy atom. The average Bonchev–Trinajstić information content (AvgIpc) is 2.83. The summed E-state index contributed by atoms with van der Waals surface area (Å²) in [6, 6.07) is 6.77. The molecule has 3 heteroatoms. The average molecular weight is 258 g/mol. The molecule has 1 amide bonds. The summed E-state index contributed by atoms with van der Waals surface area (Å²) >= 11 is 0. The number of nitrogens with one attached hydrogen (secondary N) is 1. The highest BCUT2D eigenvalue weighted by molar-refractivity contribution is 5.96. The fourth-order valence-corrected chi connectivity index (χ4v) is 3.35. The van der Waals surface area contributed by atoms with Gasteiger partial charge >= 0.3 is 0 Å². The van der Waals surface area contributed by atoms with Crippen LogP contribution in [0.5, 0.6) is 0 Å². The number of nitrogens with zero attached hydrogens (tertiary/aromatic N) is 1. The van der Waals surface area contributed by atoms with Crippen molar-refractivity contribution in [1.82, 2.24) is 5.32 Å². The quantitative estimate of drug-likeness (QED) is 0.838. The molecule has 1 aromatic carbocycles. The lowest BCUT2D eigenvalue weighted by Gasteiger charge is -2.32. The highest BCUT2D eigenvalue weighted by Crippen LogP contribution is 2.30. The lowest BCUT2D eigenvalue weighted by molar-refractivity contribution is -0.122. The molecule has 2 aliphatic rings. The van der Waals surface area contributed by atoms with Crippen LogP contribution in [0.15, 0.2) is 18.2 Å². The largest absolute Gasteiger partial charge is 0.313 e. The number of aryl methyl sites for hydroxylation is 2. The smallest absolute Gasteiger partial charge is 0.231 e. The maximum Gasteiger partial charge on any atom is 0.231 e. The lowest BCUT2D eigenvalue weighted by atomic mass is 9.95. The van der Waals surface area contributed by atoms with Crippen molar-refractivity contribution in [1.29, 1.82) is 0 Å². The summed E-state index contributed by atoms with van der Waals surface area (Å²) in [6.07, 6.45) is 3.15. The van der Waals surface area contributed by atoms with Crippen LogP contribution in [-0.4, -0.2) is 25.0 Å². The normalized spacial score (nSPS) is 26.3. The summed E-state index contributed by atoms with van der Waals surface area (Å²) < 4.78 is 0. The van der Waals surface area contributed by atoms with Gasteiger partial charge in [-0.3, -0.25) is 4.79 Å². The van der Waals surface area contributed by atoms with Crippen LogP contribution in [0.2, 0.25) is 0 Å². The van der Waals surface area contributed by atoms with E-state index in [0.717, 1.165) is 38.0 Å². The second-order valence-electron chi connectivity index (χ2n) is 5.86. The Labute approximate surface area is 115 Å². The topological polar surface area (TPSA) is 32.3 Å². The minimum absolute atomic E-state index is 0.146. The third kappa shape index (κ3) is 2.27. The molecule has 1 fully saturated rings. The molecule has 2 unspecified atom stereocenters. The Kier molecular flexibility index (Phi) is 3.31. The summed E-state index contributed by atoms with van der Waals surface area (Å²) in [4.78, 5) is 14.8. The number of rotatable bonds is 1. The lowest BCUT2D eigenvalue weighted by Crippen LogP contribution is -2.42. The van der Waals surface area contributed by atoms with Gasteiger partial charge in [-0.1, -0.05) is 17.7 Å². The molecule has 2 aliphatic heterocycles. The second-order valence-corrected chi connectivity index (χ2v) is 5.86. The number of hydrogen-bond donors (Lipinski definition) is 1. The maximum absolute atomic E-state index is 12.7. The van der Waals surface area contributed by atoms with Gasteiger partial charge in [0.25, 0.3) is 0 Å². The van der Waals surface area contributed by atoms with Gasteiger partial charge in [-0.25, -0.2) is 0 Å². The van der Waals surface area contributed by atoms with Crippen LogP contribution >= 0.6 is 0 Å². The van der Waals surface area contributed by atoms with E-state index in [2.05, 4.69) is 37.4 Å². The summed E-state index contributed by atoms with van der Waals surface area (Å²) in [7, 11) is 0. The van der Waals surface area contributed by atoms with Gasteiger partial charge in [0.05, 0.1) is 5.92 Å². The van der Waals surface area contributed by atoms with Crippen LogP contribution in [0.25, 0.3) is 0 Å². The van der Waals surface area contributed by atoms with Gasteiger partial charge in [0.2, 0.25) is 5.91 Å². The van der Waals surface area contributed by atoms with E-state index in [9.17, 15) is 4.79 Å². The first-order chi connectivity index (χ1) is 9.16.